The minimum atomic E-state index is -0.437. The van der Waals surface area contributed by atoms with Crippen LogP contribution in [0.2, 0.25) is 5.15 Å². The van der Waals surface area contributed by atoms with Gasteiger partial charge >= 0.3 is 0 Å². The molecule has 1 N–H and O–H groups in total. The third kappa shape index (κ3) is 5.88. The smallest absolute Gasteiger partial charge is 0.272 e. The maximum atomic E-state index is 13.0. The lowest BCUT2D eigenvalue weighted by Crippen LogP contribution is -2.29. The second kappa shape index (κ2) is 11.1. The second-order valence-corrected chi connectivity index (χ2v) is 8.42. The van der Waals surface area contributed by atoms with Gasteiger partial charge in [-0.25, -0.2) is 14.5 Å². The van der Waals surface area contributed by atoms with Gasteiger partial charge in [-0.1, -0.05) is 61.7 Å². The fourth-order valence-corrected chi connectivity index (χ4v) is 3.81. The average Bonchev–Trinajstić information content (AvgIpc) is 3.51. The number of carbonyl (C=O) groups is 2. The van der Waals surface area contributed by atoms with Crippen molar-refractivity contribution in [2.45, 2.75) is 51.5 Å². The van der Waals surface area contributed by atoms with Crippen LogP contribution in [-0.2, 0) is 4.79 Å². The Bertz CT molecular complexity index is 1270. The van der Waals surface area contributed by atoms with Gasteiger partial charge < -0.3 is 9.73 Å². The maximum Gasteiger partial charge on any atom is 0.272 e. The quantitative estimate of drug-likeness (QED) is 0.287. The number of Topliss-reactive ketones (excluding diaryl/α,β-unsaturated/α-hetero) is 1. The molecule has 0 radical (unpaired) electrons. The molecule has 0 aliphatic carbocycles. The first-order chi connectivity index (χ1) is 16.5. The standard InChI is InChI=1S/C25H26ClN5O3/c1-2-18(32)11-7-4-8-12-19(25-27-15-21(34-25)17-9-5-3-6-10-17)29-24(33)20-16-31-23(28-20)14-13-22(26)30-31/h3,5-6,9-10,13-16,19H,2,4,7-8,11-12H2,1H3,(H,29,33)/t19-/m0/s1. The molecule has 9 heteroatoms. The summed E-state index contributed by atoms with van der Waals surface area (Å²) in [5.74, 6) is 0.981. The Morgan fingerprint density at radius 2 is 1.94 bits per heavy atom. The number of nitrogens with zero attached hydrogens (tertiary/aromatic N) is 4. The molecule has 4 rings (SSSR count). The molecule has 0 fully saturated rings. The van der Waals surface area contributed by atoms with Crippen molar-refractivity contribution < 1.29 is 14.0 Å². The van der Waals surface area contributed by atoms with Crippen molar-refractivity contribution in [1.29, 1.82) is 0 Å². The van der Waals surface area contributed by atoms with Gasteiger partial charge in [0.05, 0.1) is 12.4 Å². The molecule has 34 heavy (non-hydrogen) atoms. The fourth-order valence-electron chi connectivity index (χ4n) is 3.67. The third-order valence-electron chi connectivity index (χ3n) is 5.55. The van der Waals surface area contributed by atoms with Crippen molar-refractivity contribution >= 4 is 28.9 Å². The van der Waals surface area contributed by atoms with E-state index in [0.29, 0.717) is 41.7 Å². The summed E-state index contributed by atoms with van der Waals surface area (Å²) in [6.45, 7) is 1.88. The fraction of sp³-hybridized carbons (Fsp3) is 0.320. The molecule has 0 aliphatic heterocycles. The van der Waals surface area contributed by atoms with Crippen LogP contribution < -0.4 is 5.32 Å². The highest BCUT2D eigenvalue weighted by molar-refractivity contribution is 6.29. The molecule has 3 heterocycles. The first-order valence-corrected chi connectivity index (χ1v) is 11.8. The second-order valence-electron chi connectivity index (χ2n) is 8.03. The number of aromatic nitrogens is 4. The van der Waals surface area contributed by atoms with Gasteiger partial charge in [-0.05, 0) is 25.0 Å². The van der Waals surface area contributed by atoms with Gasteiger partial charge in [-0.2, -0.15) is 5.10 Å². The van der Waals surface area contributed by atoms with E-state index in [9.17, 15) is 9.59 Å². The molecule has 1 aromatic carbocycles. The van der Waals surface area contributed by atoms with E-state index in [-0.39, 0.29) is 17.4 Å². The number of amides is 1. The van der Waals surface area contributed by atoms with Crippen LogP contribution >= 0.6 is 11.6 Å². The van der Waals surface area contributed by atoms with E-state index in [1.54, 1.807) is 18.3 Å². The van der Waals surface area contributed by atoms with Crippen molar-refractivity contribution in [1.82, 2.24) is 24.9 Å². The molecule has 1 amide bonds. The van der Waals surface area contributed by atoms with E-state index in [4.69, 9.17) is 16.0 Å². The number of nitrogens with one attached hydrogen (secondary N) is 1. The monoisotopic (exact) mass is 479 g/mol. The van der Waals surface area contributed by atoms with Crippen molar-refractivity contribution in [3.8, 4) is 11.3 Å². The number of hydrogen-bond acceptors (Lipinski definition) is 6. The summed E-state index contributed by atoms with van der Waals surface area (Å²) >= 11 is 5.93. The van der Waals surface area contributed by atoms with Gasteiger partial charge in [-0.3, -0.25) is 9.59 Å². The molecule has 0 saturated heterocycles. The normalized spacial score (nSPS) is 12.1. The summed E-state index contributed by atoms with van der Waals surface area (Å²) in [6, 6.07) is 12.6. The Hall–Kier alpha value is -3.52. The van der Waals surface area contributed by atoms with Crippen molar-refractivity contribution in [2.75, 3.05) is 0 Å². The molecule has 1 atom stereocenters. The number of benzene rings is 1. The number of carbonyl (C=O) groups excluding carboxylic acids is 2. The lowest BCUT2D eigenvalue weighted by molar-refractivity contribution is -0.118. The zero-order valence-electron chi connectivity index (χ0n) is 18.9. The first-order valence-electron chi connectivity index (χ1n) is 11.4. The van der Waals surface area contributed by atoms with Crippen LogP contribution in [0.4, 0.5) is 0 Å². The van der Waals surface area contributed by atoms with E-state index in [0.717, 1.165) is 24.8 Å². The van der Waals surface area contributed by atoms with Crippen molar-refractivity contribution in [2.24, 2.45) is 0 Å². The number of imidazole rings is 1. The topological polar surface area (TPSA) is 102 Å². The lowest BCUT2D eigenvalue weighted by Gasteiger charge is -2.15. The Balaban J connectivity index is 1.49. The third-order valence-corrected chi connectivity index (χ3v) is 5.75. The summed E-state index contributed by atoms with van der Waals surface area (Å²) < 4.78 is 7.49. The summed E-state index contributed by atoms with van der Waals surface area (Å²) in [5.41, 5.74) is 1.66. The van der Waals surface area contributed by atoms with Crippen LogP contribution in [0.15, 0.2) is 59.3 Å². The van der Waals surface area contributed by atoms with Gasteiger partial charge in [0.25, 0.3) is 5.91 Å². The zero-order valence-corrected chi connectivity index (χ0v) is 19.7. The summed E-state index contributed by atoms with van der Waals surface area (Å²) in [4.78, 5) is 33.4. The van der Waals surface area contributed by atoms with Crippen LogP contribution in [0, 0.1) is 0 Å². The summed E-state index contributed by atoms with van der Waals surface area (Å²) in [7, 11) is 0. The zero-order chi connectivity index (χ0) is 23.9. The number of rotatable bonds is 11. The highest BCUT2D eigenvalue weighted by atomic mass is 35.5. The Morgan fingerprint density at radius 1 is 1.12 bits per heavy atom. The highest BCUT2D eigenvalue weighted by Gasteiger charge is 2.22. The SMILES string of the molecule is CCC(=O)CCCCC[C@H](NC(=O)c1cn2nc(Cl)ccc2n1)c1ncc(-c2ccccc2)o1. The minimum Gasteiger partial charge on any atom is -0.438 e. The van der Waals surface area contributed by atoms with E-state index in [1.165, 1.54) is 10.7 Å². The van der Waals surface area contributed by atoms with E-state index in [1.807, 2.05) is 37.3 Å². The molecule has 4 aromatic rings. The van der Waals surface area contributed by atoms with Gasteiger partial charge in [0.15, 0.2) is 11.4 Å². The van der Waals surface area contributed by atoms with Crippen molar-refractivity contribution in [3.05, 3.63) is 71.6 Å². The van der Waals surface area contributed by atoms with Gasteiger partial charge in [0.1, 0.15) is 22.7 Å². The molecule has 0 bridgehead atoms. The predicted octanol–water partition coefficient (Wildman–Crippen LogP) is 5.44. The summed E-state index contributed by atoms with van der Waals surface area (Å²) in [5, 5.41) is 7.44. The number of ketones is 1. The van der Waals surface area contributed by atoms with Gasteiger partial charge in [-0.15, -0.1) is 0 Å². The molecular weight excluding hydrogens is 454 g/mol. The molecule has 0 aliphatic rings. The van der Waals surface area contributed by atoms with Gasteiger partial charge in [0.2, 0.25) is 5.89 Å². The molecule has 8 nitrogen and oxygen atoms in total. The van der Waals surface area contributed by atoms with Crippen LogP contribution in [-0.4, -0.2) is 31.3 Å². The van der Waals surface area contributed by atoms with E-state index in [2.05, 4.69) is 20.4 Å². The average molecular weight is 480 g/mol. The predicted molar refractivity (Wildman–Crippen MR) is 129 cm³/mol. The Labute approximate surface area is 202 Å². The van der Waals surface area contributed by atoms with Crippen LogP contribution in [0.5, 0.6) is 0 Å². The van der Waals surface area contributed by atoms with E-state index >= 15 is 0 Å². The number of fused-ring (bicyclic) bond motifs is 1. The van der Waals surface area contributed by atoms with Crippen molar-refractivity contribution in [3.63, 3.8) is 0 Å². The Kier molecular flexibility index (Phi) is 7.69. The van der Waals surface area contributed by atoms with Crippen LogP contribution in [0.3, 0.4) is 0 Å². The molecular formula is C25H26ClN5O3. The largest absolute Gasteiger partial charge is 0.438 e. The lowest BCUT2D eigenvalue weighted by atomic mass is 10.0. The number of hydrogen-bond donors (Lipinski definition) is 1. The number of oxazole rings is 1. The molecule has 3 aromatic heterocycles. The van der Waals surface area contributed by atoms with Crippen LogP contribution in [0.1, 0.15) is 67.9 Å². The number of halogens is 1. The Morgan fingerprint density at radius 3 is 2.74 bits per heavy atom. The summed E-state index contributed by atoms with van der Waals surface area (Å²) in [6.07, 6.45) is 7.49. The minimum absolute atomic E-state index is 0.225. The molecule has 0 saturated carbocycles. The molecule has 0 unspecified atom stereocenters. The molecule has 176 valence electrons. The maximum absolute atomic E-state index is 13.0. The molecule has 0 spiro atoms. The highest BCUT2D eigenvalue weighted by Crippen LogP contribution is 2.26. The van der Waals surface area contributed by atoms with E-state index < -0.39 is 6.04 Å². The van der Waals surface area contributed by atoms with Crippen LogP contribution in [0.25, 0.3) is 17.0 Å². The van der Waals surface area contributed by atoms with Gasteiger partial charge in [0, 0.05) is 18.4 Å². The first kappa shape index (κ1) is 23.6. The number of unbranched alkanes of at least 4 members (excludes halogenated alkanes) is 2.